The summed E-state index contributed by atoms with van der Waals surface area (Å²) in [6.07, 6.45) is 0. The van der Waals surface area contributed by atoms with Gasteiger partial charge in [0.1, 0.15) is 0 Å². The van der Waals surface area contributed by atoms with E-state index in [2.05, 4.69) is 0 Å². The minimum Gasteiger partial charge on any atom is -0.344 e. The van der Waals surface area contributed by atoms with Gasteiger partial charge >= 0.3 is 0 Å². The van der Waals surface area contributed by atoms with Crippen LogP contribution < -0.4 is 6.15 Å². The van der Waals surface area contributed by atoms with Gasteiger partial charge in [0, 0.05) is 0 Å². The van der Waals surface area contributed by atoms with E-state index in [9.17, 15) is 0 Å². The highest BCUT2D eigenvalue weighted by Crippen LogP contribution is 0.648. The highest BCUT2D eigenvalue weighted by molar-refractivity contribution is 7.59. The summed E-state index contributed by atoms with van der Waals surface area (Å²) in [5, 5.41) is 0. The first-order valence-electron chi connectivity index (χ1n) is 0. The maximum Gasteiger partial charge on any atom is -0.0776 e. The van der Waals surface area contributed by atoms with E-state index in [-0.39, 0.29) is 34.5 Å². The van der Waals surface area contributed by atoms with Crippen LogP contribution in [-0.2, 0) is 0 Å². The van der Waals surface area contributed by atoms with Crippen molar-refractivity contribution in [3.63, 3.8) is 0 Å². The number of hydrogen-bond donors (Lipinski definition) is 1. The Morgan fingerprint density at radius 3 is 0.750 bits per heavy atom. The van der Waals surface area contributed by atoms with Gasteiger partial charge in [-0.3, -0.25) is 0 Å². The first-order valence-corrected chi connectivity index (χ1v) is 0. The lowest BCUT2D eigenvalue weighted by Gasteiger charge is -0.344. The van der Waals surface area contributed by atoms with Crippen molar-refractivity contribution < 1.29 is 0 Å². The molecule has 0 aliphatic heterocycles. The van der Waals surface area contributed by atoms with Crippen LogP contribution in [0.25, 0.3) is 0 Å². The van der Waals surface area contributed by atoms with E-state index in [1.54, 1.807) is 0 Å². The second-order valence-corrected chi connectivity index (χ2v) is 0. The summed E-state index contributed by atoms with van der Waals surface area (Å²) in [5.74, 6) is 0. The van der Waals surface area contributed by atoms with Gasteiger partial charge in [-0.15, -0.1) is 0 Å². The van der Waals surface area contributed by atoms with Crippen molar-refractivity contribution in [1.29, 1.82) is 0 Å². The van der Waals surface area contributed by atoms with E-state index in [4.69, 9.17) is 0 Å². The van der Waals surface area contributed by atoms with Crippen molar-refractivity contribution in [2.45, 2.75) is 14.9 Å². The minimum atomic E-state index is 0. The first-order chi connectivity index (χ1) is 0. The molecule has 0 atom stereocenters. The Kier molecular flexibility index (Phi) is 22600. The Bertz CT molecular complexity index is 6.00. The van der Waals surface area contributed by atoms with Gasteiger partial charge in [0.25, 0.3) is 0 Å². The summed E-state index contributed by atoms with van der Waals surface area (Å²) in [6.45, 7) is 0. The molecule has 0 aliphatic rings. The molecule has 0 aliphatic carbocycles. The molecule has 0 saturated carbocycles. The van der Waals surface area contributed by atoms with Gasteiger partial charge in [-0.05, 0) is 0 Å². The molecule has 0 aromatic rings. The summed E-state index contributed by atoms with van der Waals surface area (Å²) >= 11 is 0. The molecule has 0 saturated heterocycles. The van der Waals surface area contributed by atoms with Crippen LogP contribution in [0, 0.1) is 0 Å². The topological polar surface area (TPSA) is 35.0 Å². The van der Waals surface area contributed by atoms with Gasteiger partial charge in [0.2, 0.25) is 0 Å². The smallest absolute Gasteiger partial charge is 0.0776 e. The van der Waals surface area contributed by atoms with Crippen LogP contribution in [0.5, 0.6) is 0 Å². The van der Waals surface area contributed by atoms with Crippen LogP contribution >= 0.6 is 13.5 Å². The van der Waals surface area contributed by atoms with E-state index in [0.717, 1.165) is 0 Å². The van der Waals surface area contributed by atoms with Crippen LogP contribution in [0.1, 0.15) is 14.9 Å². The Labute approximate surface area is 35.4 Å². The van der Waals surface area contributed by atoms with E-state index in [0.29, 0.717) is 0 Å². The fourth-order valence-corrected chi connectivity index (χ4v) is 0. The fourth-order valence-electron chi connectivity index (χ4n) is 0. The van der Waals surface area contributed by atoms with Crippen LogP contribution in [0.15, 0.2) is 0 Å². The van der Waals surface area contributed by atoms with Crippen molar-refractivity contribution in [2.24, 2.45) is 0 Å². The van der Waals surface area contributed by atoms with E-state index >= 15 is 0 Å². The van der Waals surface area contributed by atoms with Crippen molar-refractivity contribution in [3.8, 4) is 0 Å². The zero-order valence-corrected chi connectivity index (χ0v) is 2.21. The van der Waals surface area contributed by atoms with Crippen LogP contribution in [0.4, 0.5) is 0 Å². The third kappa shape index (κ3) is 41.3. The van der Waals surface area contributed by atoms with Gasteiger partial charge < -0.3 is 6.15 Å². The molecule has 0 radical (unpaired) electrons. The molecule has 32 valence electrons. The third-order valence-corrected chi connectivity index (χ3v) is 0. The van der Waals surface area contributed by atoms with Crippen molar-refractivity contribution in [2.75, 3.05) is 0 Å². The SMILES string of the molecule is C.C.N.S. The van der Waals surface area contributed by atoms with Gasteiger partial charge in [-0.25, -0.2) is 0 Å². The third-order valence-electron chi connectivity index (χ3n) is 0. The Hall–Kier alpha value is 0.310. The first kappa shape index (κ1) is 491. The van der Waals surface area contributed by atoms with Gasteiger partial charge in [-0.2, -0.15) is 13.5 Å². The highest BCUT2D eigenvalue weighted by Gasteiger charge is -0.0765. The molecule has 0 spiro atoms. The summed E-state index contributed by atoms with van der Waals surface area (Å²) in [4.78, 5) is 0. The van der Waals surface area contributed by atoms with E-state index in [1.807, 2.05) is 0 Å². The lowest BCUT2D eigenvalue weighted by atomic mass is 12.0. The standard InChI is InChI=1S/2CH4.H3N.H2S/h2*1H4;1H3;1H2. The highest BCUT2D eigenvalue weighted by atomic mass is 32.1. The fraction of sp³-hybridized carbons (Fsp3) is 1.00. The van der Waals surface area contributed by atoms with E-state index < -0.39 is 0 Å². The summed E-state index contributed by atoms with van der Waals surface area (Å²) < 4.78 is 0. The maximum atomic E-state index is 0. The predicted octanol–water partition coefficient (Wildman–Crippen LogP) is 1.55. The van der Waals surface area contributed by atoms with Crippen LogP contribution in [-0.4, -0.2) is 0 Å². The molecule has 0 aromatic heterocycles. The largest absolute Gasteiger partial charge is 0.344 e. The van der Waals surface area contributed by atoms with Crippen LogP contribution in [0.2, 0.25) is 0 Å². The molecule has 2 heteroatoms. The lowest BCUT2D eigenvalue weighted by molar-refractivity contribution is 2.13. The number of rotatable bonds is 0. The zero-order valence-electron chi connectivity index (χ0n) is 1.21. The molecule has 0 rings (SSSR count). The molecule has 0 heterocycles. The molecule has 1 nitrogen and oxygen atoms in total. The molecule has 4 heavy (non-hydrogen) atoms. The Morgan fingerprint density at radius 2 is 0.750 bits per heavy atom. The monoisotopic (exact) mass is 83.1 g/mol. The molecule has 0 fully saturated rings. The van der Waals surface area contributed by atoms with Crippen molar-refractivity contribution in [1.82, 2.24) is 6.15 Å². The van der Waals surface area contributed by atoms with Crippen molar-refractivity contribution >= 4 is 13.5 Å². The Balaban J connectivity index is 0. The van der Waals surface area contributed by atoms with E-state index in [1.165, 1.54) is 0 Å². The summed E-state index contributed by atoms with van der Waals surface area (Å²) in [6, 6.07) is 0. The molecule has 0 unspecified atom stereocenters. The average Bonchev–Trinajstić information content (AvgIpc) is 0. The second-order valence-electron chi connectivity index (χ2n) is 0. The lowest BCUT2D eigenvalue weighted by Crippen LogP contribution is -0.481. The predicted molar refractivity (Wildman–Crippen MR) is 28.9 cm³/mol. The summed E-state index contributed by atoms with van der Waals surface area (Å²) in [5.41, 5.74) is 0. The maximum absolute atomic E-state index is 0. The number of hydrogen-bond acceptors (Lipinski definition) is 1. The molecular formula is C2H13NS. The molecule has 3 N–H and O–H groups in total. The minimum absolute atomic E-state index is 0. The Morgan fingerprint density at radius 1 is 0.750 bits per heavy atom. The normalized spacial score (nSPS) is 0. The molecular weight excluding hydrogens is 70.1 g/mol. The average molecular weight is 83.2 g/mol. The van der Waals surface area contributed by atoms with Crippen molar-refractivity contribution in [3.05, 3.63) is 0 Å². The van der Waals surface area contributed by atoms with Crippen LogP contribution in [0.3, 0.4) is 0 Å². The molecule has 0 aromatic carbocycles. The molecule has 0 bridgehead atoms. The second kappa shape index (κ2) is 184. The van der Waals surface area contributed by atoms with Gasteiger partial charge in [0.05, 0.1) is 0 Å². The zero-order chi connectivity index (χ0) is 0. The molecule has 0 amide bonds. The summed E-state index contributed by atoms with van der Waals surface area (Å²) in [7, 11) is 0. The quantitative estimate of drug-likeness (QED) is 0.473. The van der Waals surface area contributed by atoms with Gasteiger partial charge in [-0.1, -0.05) is 14.9 Å². The van der Waals surface area contributed by atoms with Gasteiger partial charge in [0.15, 0.2) is 0 Å².